The fourth-order valence-corrected chi connectivity index (χ4v) is 2.46. The molecular formula is C14H25NO2. The van der Waals surface area contributed by atoms with Crippen LogP contribution in [0.5, 0.6) is 0 Å². The maximum absolute atomic E-state index is 10.5. The molecule has 17 heavy (non-hydrogen) atoms. The lowest BCUT2D eigenvalue weighted by Crippen LogP contribution is -2.54. The Morgan fingerprint density at radius 3 is 2.41 bits per heavy atom. The summed E-state index contributed by atoms with van der Waals surface area (Å²) in [5.74, 6) is 0.851. The van der Waals surface area contributed by atoms with Crippen LogP contribution in [0.4, 0.5) is 0 Å². The molecule has 0 aliphatic carbocycles. The number of nitrogens with zero attached hydrogens (tertiary/aromatic N) is 1. The molecule has 0 aliphatic rings. The molecule has 0 fully saturated rings. The van der Waals surface area contributed by atoms with Gasteiger partial charge in [-0.25, -0.2) is 0 Å². The highest BCUT2D eigenvalue weighted by atomic mass is 16.3. The molecule has 1 aromatic heterocycles. The molecule has 2 atom stereocenters. The van der Waals surface area contributed by atoms with Crippen LogP contribution in [0.3, 0.4) is 0 Å². The number of aliphatic hydroxyl groups excluding tert-OH is 1. The van der Waals surface area contributed by atoms with E-state index in [0.717, 1.165) is 25.3 Å². The quantitative estimate of drug-likeness (QED) is 0.795. The van der Waals surface area contributed by atoms with Gasteiger partial charge in [0.15, 0.2) is 0 Å². The zero-order valence-electron chi connectivity index (χ0n) is 11.4. The maximum atomic E-state index is 10.5. The molecule has 2 unspecified atom stereocenters. The van der Waals surface area contributed by atoms with Gasteiger partial charge in [0, 0.05) is 12.0 Å². The number of hydrogen-bond donors (Lipinski definition) is 1. The molecule has 3 heteroatoms. The van der Waals surface area contributed by atoms with Crippen molar-refractivity contribution in [3.63, 3.8) is 0 Å². The van der Waals surface area contributed by atoms with Crippen molar-refractivity contribution in [3.05, 3.63) is 24.2 Å². The molecule has 1 heterocycles. The summed E-state index contributed by atoms with van der Waals surface area (Å²) in [6, 6.07) is 3.78. The van der Waals surface area contributed by atoms with Crippen molar-refractivity contribution in [3.8, 4) is 0 Å². The summed E-state index contributed by atoms with van der Waals surface area (Å²) < 4.78 is 5.31. The van der Waals surface area contributed by atoms with Crippen molar-refractivity contribution >= 4 is 0 Å². The Labute approximate surface area is 104 Å². The van der Waals surface area contributed by atoms with Gasteiger partial charge in [-0.2, -0.15) is 0 Å². The zero-order chi connectivity index (χ0) is 12.9. The Hall–Kier alpha value is -0.800. The van der Waals surface area contributed by atoms with E-state index in [9.17, 15) is 5.11 Å². The first kappa shape index (κ1) is 14.3. The van der Waals surface area contributed by atoms with Gasteiger partial charge in [-0.05, 0) is 38.6 Å². The standard InChI is InChI=1S/C14H25NO2/c1-5-14(4,15(6-2)7-3)13(16)11-12-9-8-10-17-12/h8-10,13,16H,5-7,11H2,1-4H3. The van der Waals surface area contributed by atoms with E-state index in [1.807, 2.05) is 12.1 Å². The largest absolute Gasteiger partial charge is 0.469 e. The highest BCUT2D eigenvalue weighted by molar-refractivity contribution is 5.03. The van der Waals surface area contributed by atoms with Crippen LogP contribution < -0.4 is 0 Å². The smallest absolute Gasteiger partial charge is 0.106 e. The van der Waals surface area contributed by atoms with E-state index < -0.39 is 6.10 Å². The molecule has 98 valence electrons. The molecule has 0 spiro atoms. The van der Waals surface area contributed by atoms with Gasteiger partial charge in [0.2, 0.25) is 0 Å². The molecule has 3 nitrogen and oxygen atoms in total. The van der Waals surface area contributed by atoms with Crippen LogP contribution in [-0.4, -0.2) is 34.7 Å². The van der Waals surface area contributed by atoms with Gasteiger partial charge in [-0.3, -0.25) is 4.90 Å². The second-order valence-corrected chi connectivity index (χ2v) is 4.68. The SMILES string of the molecule is CCN(CC)C(C)(CC)C(O)Cc1ccco1. The predicted octanol–water partition coefficient (Wildman–Crippen LogP) is 2.69. The number of aliphatic hydroxyl groups is 1. The summed E-state index contributed by atoms with van der Waals surface area (Å²) >= 11 is 0. The van der Waals surface area contributed by atoms with Crippen molar-refractivity contribution in [2.24, 2.45) is 0 Å². The molecule has 0 bridgehead atoms. The minimum absolute atomic E-state index is 0.184. The first-order valence-electron chi connectivity index (χ1n) is 6.53. The van der Waals surface area contributed by atoms with Crippen molar-refractivity contribution in [1.82, 2.24) is 4.90 Å². The van der Waals surface area contributed by atoms with Gasteiger partial charge >= 0.3 is 0 Å². The van der Waals surface area contributed by atoms with Crippen molar-refractivity contribution in [1.29, 1.82) is 0 Å². The van der Waals surface area contributed by atoms with Gasteiger partial charge in [-0.1, -0.05) is 20.8 Å². The number of likely N-dealkylation sites (N-methyl/N-ethyl adjacent to an activating group) is 1. The van der Waals surface area contributed by atoms with E-state index in [4.69, 9.17) is 4.42 Å². The van der Waals surface area contributed by atoms with Gasteiger partial charge in [0.1, 0.15) is 5.76 Å². The Kier molecular flexibility index (Phi) is 5.22. The number of hydrogen-bond acceptors (Lipinski definition) is 3. The van der Waals surface area contributed by atoms with Crippen molar-refractivity contribution in [2.75, 3.05) is 13.1 Å². The van der Waals surface area contributed by atoms with E-state index in [1.165, 1.54) is 0 Å². The fourth-order valence-electron chi connectivity index (χ4n) is 2.46. The van der Waals surface area contributed by atoms with E-state index in [2.05, 4.69) is 32.6 Å². The Morgan fingerprint density at radius 1 is 1.35 bits per heavy atom. The topological polar surface area (TPSA) is 36.6 Å². The second-order valence-electron chi connectivity index (χ2n) is 4.68. The normalized spacial score (nSPS) is 17.1. The summed E-state index contributed by atoms with van der Waals surface area (Å²) in [7, 11) is 0. The number of rotatable bonds is 7. The third kappa shape index (κ3) is 3.11. The molecule has 1 N–H and O–H groups in total. The molecule has 0 radical (unpaired) electrons. The van der Waals surface area contributed by atoms with Crippen LogP contribution in [0, 0.1) is 0 Å². The molecule has 0 saturated carbocycles. The summed E-state index contributed by atoms with van der Waals surface area (Å²) in [6.07, 6.45) is 2.76. The summed E-state index contributed by atoms with van der Waals surface area (Å²) in [6.45, 7) is 10.4. The average molecular weight is 239 g/mol. The minimum atomic E-state index is -0.404. The molecule has 1 rings (SSSR count). The Balaban J connectivity index is 2.77. The zero-order valence-corrected chi connectivity index (χ0v) is 11.4. The van der Waals surface area contributed by atoms with Gasteiger partial charge in [-0.15, -0.1) is 0 Å². The molecule has 0 amide bonds. The third-order valence-electron chi connectivity index (χ3n) is 3.89. The van der Waals surface area contributed by atoms with Gasteiger partial charge in [0.25, 0.3) is 0 Å². The van der Waals surface area contributed by atoms with Crippen molar-refractivity contribution < 1.29 is 9.52 Å². The van der Waals surface area contributed by atoms with Gasteiger partial charge in [0.05, 0.1) is 12.4 Å². The minimum Gasteiger partial charge on any atom is -0.469 e. The lowest BCUT2D eigenvalue weighted by Gasteiger charge is -2.43. The molecule has 0 aliphatic heterocycles. The summed E-state index contributed by atoms with van der Waals surface area (Å²) in [5, 5.41) is 10.5. The Bertz CT molecular complexity index is 306. The molecule has 0 aromatic carbocycles. The summed E-state index contributed by atoms with van der Waals surface area (Å²) in [5.41, 5.74) is -0.184. The monoisotopic (exact) mass is 239 g/mol. The van der Waals surface area contributed by atoms with Crippen LogP contribution in [0.1, 0.15) is 39.9 Å². The average Bonchev–Trinajstić information content (AvgIpc) is 2.82. The van der Waals surface area contributed by atoms with Crippen LogP contribution in [-0.2, 0) is 6.42 Å². The van der Waals surface area contributed by atoms with E-state index in [0.29, 0.717) is 6.42 Å². The van der Waals surface area contributed by atoms with Crippen LogP contribution in [0.2, 0.25) is 0 Å². The molecule has 1 aromatic rings. The third-order valence-corrected chi connectivity index (χ3v) is 3.89. The first-order valence-corrected chi connectivity index (χ1v) is 6.53. The fraction of sp³-hybridized carbons (Fsp3) is 0.714. The van der Waals surface area contributed by atoms with E-state index in [1.54, 1.807) is 6.26 Å². The van der Waals surface area contributed by atoms with Crippen LogP contribution >= 0.6 is 0 Å². The maximum Gasteiger partial charge on any atom is 0.106 e. The van der Waals surface area contributed by atoms with Crippen LogP contribution in [0.15, 0.2) is 22.8 Å². The van der Waals surface area contributed by atoms with Crippen molar-refractivity contribution in [2.45, 2.75) is 52.2 Å². The van der Waals surface area contributed by atoms with Crippen LogP contribution in [0.25, 0.3) is 0 Å². The van der Waals surface area contributed by atoms with Gasteiger partial charge < -0.3 is 9.52 Å². The molecular weight excluding hydrogens is 214 g/mol. The lowest BCUT2D eigenvalue weighted by atomic mass is 9.87. The van der Waals surface area contributed by atoms with E-state index >= 15 is 0 Å². The Morgan fingerprint density at radius 2 is 2.00 bits per heavy atom. The highest BCUT2D eigenvalue weighted by Crippen LogP contribution is 2.26. The molecule has 0 saturated heterocycles. The highest BCUT2D eigenvalue weighted by Gasteiger charge is 2.36. The van der Waals surface area contributed by atoms with E-state index in [-0.39, 0.29) is 5.54 Å². The lowest BCUT2D eigenvalue weighted by molar-refractivity contribution is -0.0212. The first-order chi connectivity index (χ1) is 8.08. The number of furan rings is 1. The predicted molar refractivity (Wildman–Crippen MR) is 70.0 cm³/mol. The summed E-state index contributed by atoms with van der Waals surface area (Å²) in [4.78, 5) is 2.32. The second kappa shape index (κ2) is 6.22.